The molecule has 61 heavy (non-hydrogen) atoms. The maximum Gasteiger partial charge on any atom is 0.121 e. The molecule has 4 nitrogen and oxygen atoms in total. The number of furan rings is 2. The van der Waals surface area contributed by atoms with E-state index in [9.17, 15) is 0 Å². The van der Waals surface area contributed by atoms with Crippen LogP contribution in [0.2, 0.25) is 19.6 Å². The molecule has 0 N–H and O–H groups in total. The Bertz CT molecular complexity index is 3300. The fraction of sp³-hybridized carbons (Fsp3) is 0.164. The van der Waals surface area contributed by atoms with Gasteiger partial charge in [-0.1, -0.05) is 171 Å². The summed E-state index contributed by atoms with van der Waals surface area (Å²) >= 11 is 0. The molecule has 0 aliphatic rings. The van der Waals surface area contributed by atoms with Crippen LogP contribution in [0.5, 0.6) is 0 Å². The van der Waals surface area contributed by atoms with Gasteiger partial charge in [0.05, 0.1) is 19.2 Å². The molecule has 10 aromatic rings. The van der Waals surface area contributed by atoms with Crippen LogP contribution >= 0.6 is 0 Å². The summed E-state index contributed by atoms with van der Waals surface area (Å²) < 4.78 is 47.2. The van der Waals surface area contributed by atoms with E-state index in [1.165, 1.54) is 5.19 Å². The Balaban J connectivity index is 0.000000175. The van der Waals surface area contributed by atoms with Crippen LogP contribution in [-0.4, -0.2) is 18.0 Å². The van der Waals surface area contributed by atoms with E-state index in [1.54, 1.807) is 12.3 Å². The number of benzene rings is 6. The number of rotatable bonds is 7. The van der Waals surface area contributed by atoms with Gasteiger partial charge < -0.3 is 18.8 Å². The molecular weight excluding hydrogens is 941 g/mol. The molecular formula is C55H48IrN2O2Si-2. The molecule has 6 heteroatoms. The summed E-state index contributed by atoms with van der Waals surface area (Å²) in [5, 5.41) is 5.29. The van der Waals surface area contributed by atoms with Crippen LogP contribution in [0.4, 0.5) is 0 Å². The van der Waals surface area contributed by atoms with Gasteiger partial charge in [0.15, 0.2) is 0 Å². The molecule has 10 rings (SSSR count). The Morgan fingerprint density at radius 3 is 1.82 bits per heavy atom. The fourth-order valence-electron chi connectivity index (χ4n) is 7.50. The van der Waals surface area contributed by atoms with Gasteiger partial charge in [0.2, 0.25) is 0 Å². The molecule has 0 bridgehead atoms. The van der Waals surface area contributed by atoms with E-state index < -0.39 is 26.2 Å². The molecule has 0 unspecified atom stereocenters. The molecule has 0 aliphatic carbocycles. The van der Waals surface area contributed by atoms with Gasteiger partial charge in [-0.2, -0.15) is 0 Å². The number of aromatic nitrogens is 2. The Kier molecular flexibility index (Phi) is 10.4. The van der Waals surface area contributed by atoms with E-state index in [2.05, 4.69) is 73.2 Å². The maximum absolute atomic E-state index is 8.68. The normalized spacial score (nSPS) is 13.2. The van der Waals surface area contributed by atoms with Crippen LogP contribution in [-0.2, 0) is 32.9 Å². The molecule has 0 spiro atoms. The van der Waals surface area contributed by atoms with Crippen molar-refractivity contribution in [3.05, 3.63) is 187 Å². The second kappa shape index (κ2) is 17.2. The SMILES string of the molecule is [2H]C([2H])(c1ccccc1)c1ccc2c(c1)oc1c(-c3ccc([Si](C)(C)C)cn3)[c-]ccc12.[2H]C([2H])(c1ccnc(-c2[c-]ccc3c2oc2cc(-c4ccccc4)ccc23)c1)C(C)(C)C.[Ir]. The topological polar surface area (TPSA) is 52.1 Å². The fourth-order valence-corrected chi connectivity index (χ4v) is 8.54. The molecule has 305 valence electrons. The summed E-state index contributed by atoms with van der Waals surface area (Å²) in [5.41, 5.74) is 9.45. The second-order valence-corrected chi connectivity index (χ2v) is 22.2. The van der Waals surface area contributed by atoms with Crippen LogP contribution < -0.4 is 5.19 Å². The van der Waals surface area contributed by atoms with Gasteiger partial charge in [0.25, 0.3) is 0 Å². The van der Waals surface area contributed by atoms with Gasteiger partial charge in [-0.15, -0.1) is 36.4 Å². The molecule has 0 aliphatic heterocycles. The third-order valence-corrected chi connectivity index (χ3v) is 12.5. The van der Waals surface area contributed by atoms with E-state index in [1.807, 2.05) is 130 Å². The quantitative estimate of drug-likeness (QED) is 0.118. The van der Waals surface area contributed by atoms with E-state index in [0.29, 0.717) is 33.6 Å². The third-order valence-electron chi connectivity index (χ3n) is 10.5. The van der Waals surface area contributed by atoms with Crippen molar-refractivity contribution in [2.45, 2.75) is 53.2 Å². The minimum Gasteiger partial charge on any atom is -0.501 e. The van der Waals surface area contributed by atoms with Gasteiger partial charge in [-0.25, -0.2) is 0 Å². The molecule has 0 fully saturated rings. The average molecular weight is 993 g/mol. The number of hydrogen-bond donors (Lipinski definition) is 0. The van der Waals surface area contributed by atoms with E-state index >= 15 is 0 Å². The molecule has 4 heterocycles. The Morgan fingerprint density at radius 2 is 1.20 bits per heavy atom. The van der Waals surface area contributed by atoms with E-state index in [4.69, 9.17) is 19.3 Å². The van der Waals surface area contributed by atoms with Crippen molar-refractivity contribution in [2.24, 2.45) is 5.41 Å². The molecule has 6 aromatic carbocycles. The maximum atomic E-state index is 8.68. The van der Waals surface area contributed by atoms with E-state index in [0.717, 1.165) is 60.7 Å². The first-order chi connectivity index (χ1) is 30.5. The number of fused-ring (bicyclic) bond motifs is 6. The molecule has 1 radical (unpaired) electrons. The molecule has 0 atom stereocenters. The van der Waals surface area contributed by atoms with Crippen molar-refractivity contribution >= 4 is 57.1 Å². The van der Waals surface area contributed by atoms with Crippen molar-refractivity contribution in [1.82, 2.24) is 9.97 Å². The van der Waals surface area contributed by atoms with Crippen LogP contribution in [0.3, 0.4) is 0 Å². The summed E-state index contributed by atoms with van der Waals surface area (Å²) in [6.45, 7) is 12.6. The number of hydrogen-bond acceptors (Lipinski definition) is 4. The van der Waals surface area contributed by atoms with Crippen molar-refractivity contribution < 1.29 is 34.4 Å². The van der Waals surface area contributed by atoms with Gasteiger partial charge in [-0.3, -0.25) is 0 Å². The second-order valence-electron chi connectivity index (χ2n) is 17.2. The van der Waals surface area contributed by atoms with Gasteiger partial charge in [-0.05, 0) is 75.2 Å². The zero-order valence-electron chi connectivity index (χ0n) is 39.1. The Morgan fingerprint density at radius 1 is 0.574 bits per heavy atom. The largest absolute Gasteiger partial charge is 0.501 e. The first-order valence-electron chi connectivity index (χ1n) is 22.3. The summed E-state index contributed by atoms with van der Waals surface area (Å²) in [6.07, 6.45) is 0.523. The minimum atomic E-state index is -1.61. The van der Waals surface area contributed by atoms with Gasteiger partial charge in [0, 0.05) is 48.8 Å². The zero-order chi connectivity index (χ0) is 45.0. The smallest absolute Gasteiger partial charge is 0.121 e. The predicted octanol–water partition coefficient (Wildman–Crippen LogP) is 14.3. The Hall–Kier alpha value is -5.91. The molecule has 0 saturated carbocycles. The molecule has 0 amide bonds. The van der Waals surface area contributed by atoms with Crippen LogP contribution in [0.15, 0.2) is 167 Å². The van der Waals surface area contributed by atoms with Crippen molar-refractivity contribution in [3.63, 3.8) is 0 Å². The first-order valence-corrected chi connectivity index (χ1v) is 23.8. The van der Waals surface area contributed by atoms with E-state index in [-0.39, 0.29) is 20.1 Å². The first kappa shape index (κ1) is 36.9. The van der Waals surface area contributed by atoms with Crippen molar-refractivity contribution in [1.29, 1.82) is 0 Å². The monoisotopic (exact) mass is 993 g/mol. The standard InChI is InChI=1S/C28H24NO.C27H24NOSi.Ir/c1-28(2,3)18-19-14-15-29-25(16-19)24-11-7-10-23-22-13-12-21(17-26(22)30-27(23)24)20-8-5-4-6-9-20;1-30(2,3)21-13-15-25(28-18-21)24-11-7-10-23-22-14-12-20(17-26(22)29-27(23)24)16-19-8-5-4-6-9-19;/h4-10,12-17H,18H2,1-3H3;4-10,12-15,17-18H,16H2,1-3H3;/q2*-1;/i18D2;16D2;. The van der Waals surface area contributed by atoms with Crippen molar-refractivity contribution in [3.8, 4) is 33.6 Å². The molecule has 0 saturated heterocycles. The summed E-state index contributed by atoms with van der Waals surface area (Å²) in [6, 6.07) is 53.5. The predicted molar refractivity (Wildman–Crippen MR) is 252 cm³/mol. The van der Waals surface area contributed by atoms with Crippen LogP contribution in [0.1, 0.15) is 42.9 Å². The van der Waals surface area contributed by atoms with Crippen LogP contribution in [0, 0.1) is 17.5 Å². The minimum absolute atomic E-state index is 0. The van der Waals surface area contributed by atoms with Crippen molar-refractivity contribution in [2.75, 3.05) is 0 Å². The summed E-state index contributed by atoms with van der Waals surface area (Å²) in [5.74, 6) is 0. The average Bonchev–Trinajstić information content (AvgIpc) is 3.87. The number of nitrogens with zero attached hydrogens (tertiary/aromatic N) is 2. The third kappa shape index (κ3) is 9.09. The number of pyridine rings is 2. The Labute approximate surface area is 378 Å². The summed E-state index contributed by atoms with van der Waals surface area (Å²) in [7, 11) is -1.42. The van der Waals surface area contributed by atoms with Gasteiger partial charge >= 0.3 is 0 Å². The summed E-state index contributed by atoms with van der Waals surface area (Å²) in [4.78, 5) is 9.25. The zero-order valence-corrected chi connectivity index (χ0v) is 38.5. The van der Waals surface area contributed by atoms with Crippen LogP contribution in [0.25, 0.3) is 77.5 Å². The van der Waals surface area contributed by atoms with Gasteiger partial charge in [0.1, 0.15) is 11.2 Å². The molecule has 4 aromatic heterocycles.